The maximum absolute atomic E-state index is 12.8. The zero-order valence-corrected chi connectivity index (χ0v) is 11.1. The average molecular weight is 266 g/mol. The van der Waals surface area contributed by atoms with E-state index >= 15 is 0 Å². The largest absolute Gasteiger partial charge is 0.350 e. The SMILES string of the molecule is CC(C)[C@@H]1NC(=S)N(Cc2ccc(F)cc2)C1=O. The van der Waals surface area contributed by atoms with Gasteiger partial charge in [0.25, 0.3) is 5.91 Å². The third kappa shape index (κ3) is 2.51. The van der Waals surface area contributed by atoms with E-state index < -0.39 is 0 Å². The fourth-order valence-corrected chi connectivity index (χ4v) is 2.20. The summed E-state index contributed by atoms with van der Waals surface area (Å²) in [5, 5.41) is 3.47. The van der Waals surface area contributed by atoms with E-state index in [9.17, 15) is 9.18 Å². The molecule has 1 amide bonds. The van der Waals surface area contributed by atoms with Crippen LogP contribution >= 0.6 is 12.2 Å². The molecular formula is C13H15FN2OS. The summed E-state index contributed by atoms with van der Waals surface area (Å²) in [7, 11) is 0. The van der Waals surface area contributed by atoms with Gasteiger partial charge in [0.05, 0.1) is 6.54 Å². The molecule has 0 radical (unpaired) electrons. The molecule has 0 aliphatic carbocycles. The van der Waals surface area contributed by atoms with Crippen molar-refractivity contribution in [3.63, 3.8) is 0 Å². The van der Waals surface area contributed by atoms with Crippen molar-refractivity contribution in [2.45, 2.75) is 26.4 Å². The van der Waals surface area contributed by atoms with Crippen LogP contribution in [0.15, 0.2) is 24.3 Å². The van der Waals surface area contributed by atoms with Gasteiger partial charge in [-0.2, -0.15) is 0 Å². The molecule has 96 valence electrons. The zero-order chi connectivity index (χ0) is 13.3. The first-order chi connectivity index (χ1) is 8.49. The molecule has 0 aromatic heterocycles. The van der Waals surface area contributed by atoms with Gasteiger partial charge in [-0.1, -0.05) is 26.0 Å². The molecule has 1 aromatic rings. The summed E-state index contributed by atoms with van der Waals surface area (Å²) in [6, 6.07) is 5.83. The Labute approximate surface area is 111 Å². The number of carbonyl (C=O) groups excluding carboxylic acids is 1. The van der Waals surface area contributed by atoms with Gasteiger partial charge in [0.2, 0.25) is 0 Å². The van der Waals surface area contributed by atoms with Crippen LogP contribution in [0.5, 0.6) is 0 Å². The Morgan fingerprint density at radius 3 is 2.50 bits per heavy atom. The van der Waals surface area contributed by atoms with Gasteiger partial charge in [0.15, 0.2) is 5.11 Å². The van der Waals surface area contributed by atoms with Crippen molar-refractivity contribution >= 4 is 23.2 Å². The van der Waals surface area contributed by atoms with E-state index in [0.717, 1.165) is 5.56 Å². The Balaban J connectivity index is 2.12. The highest BCUT2D eigenvalue weighted by Crippen LogP contribution is 2.17. The number of nitrogens with zero attached hydrogens (tertiary/aromatic N) is 1. The van der Waals surface area contributed by atoms with Crippen LogP contribution < -0.4 is 5.32 Å². The molecule has 1 aliphatic rings. The zero-order valence-electron chi connectivity index (χ0n) is 10.3. The number of rotatable bonds is 3. The van der Waals surface area contributed by atoms with Gasteiger partial charge in [-0.25, -0.2) is 4.39 Å². The van der Waals surface area contributed by atoms with Crippen LogP contribution in [0.25, 0.3) is 0 Å². The first-order valence-corrected chi connectivity index (χ1v) is 6.26. The first-order valence-electron chi connectivity index (χ1n) is 5.85. The summed E-state index contributed by atoms with van der Waals surface area (Å²) >= 11 is 5.16. The van der Waals surface area contributed by atoms with E-state index in [1.165, 1.54) is 17.0 Å². The lowest BCUT2D eigenvalue weighted by Crippen LogP contribution is -2.34. The number of thiocarbonyl (C=S) groups is 1. The van der Waals surface area contributed by atoms with Crippen LogP contribution in [0.3, 0.4) is 0 Å². The molecule has 0 unspecified atom stereocenters. The molecular weight excluding hydrogens is 251 g/mol. The average Bonchev–Trinajstić information content (AvgIpc) is 2.60. The van der Waals surface area contributed by atoms with Crippen molar-refractivity contribution < 1.29 is 9.18 Å². The van der Waals surface area contributed by atoms with Gasteiger partial charge in [0, 0.05) is 0 Å². The summed E-state index contributed by atoms with van der Waals surface area (Å²) in [6.45, 7) is 4.33. The third-order valence-corrected chi connectivity index (χ3v) is 3.32. The molecule has 5 heteroatoms. The van der Waals surface area contributed by atoms with Crippen molar-refractivity contribution in [1.82, 2.24) is 10.2 Å². The third-order valence-electron chi connectivity index (χ3n) is 2.98. The Bertz CT molecular complexity index is 472. The monoisotopic (exact) mass is 266 g/mol. The molecule has 0 bridgehead atoms. The fraction of sp³-hybridized carbons (Fsp3) is 0.385. The van der Waals surface area contributed by atoms with E-state index in [0.29, 0.717) is 11.7 Å². The predicted molar refractivity (Wildman–Crippen MR) is 71.3 cm³/mol. The van der Waals surface area contributed by atoms with Crippen LogP contribution in [0.1, 0.15) is 19.4 Å². The maximum Gasteiger partial charge on any atom is 0.251 e. The second kappa shape index (κ2) is 5.02. The van der Waals surface area contributed by atoms with Gasteiger partial charge < -0.3 is 5.32 Å². The highest BCUT2D eigenvalue weighted by Gasteiger charge is 2.36. The Morgan fingerprint density at radius 2 is 2.00 bits per heavy atom. The van der Waals surface area contributed by atoms with Crippen LogP contribution in [-0.4, -0.2) is 22.0 Å². The van der Waals surface area contributed by atoms with E-state index in [-0.39, 0.29) is 23.7 Å². The molecule has 1 saturated heterocycles. The van der Waals surface area contributed by atoms with Crippen LogP contribution in [0.2, 0.25) is 0 Å². The van der Waals surface area contributed by atoms with Crippen molar-refractivity contribution in [3.05, 3.63) is 35.6 Å². The van der Waals surface area contributed by atoms with E-state index in [4.69, 9.17) is 12.2 Å². The highest BCUT2D eigenvalue weighted by molar-refractivity contribution is 7.80. The molecule has 1 aliphatic heterocycles. The highest BCUT2D eigenvalue weighted by atomic mass is 32.1. The molecule has 2 rings (SSSR count). The minimum atomic E-state index is -0.285. The minimum absolute atomic E-state index is 0.0145. The summed E-state index contributed by atoms with van der Waals surface area (Å²) in [4.78, 5) is 13.7. The quantitative estimate of drug-likeness (QED) is 0.850. The Morgan fingerprint density at radius 1 is 1.39 bits per heavy atom. The van der Waals surface area contributed by atoms with E-state index in [1.807, 2.05) is 13.8 Å². The number of hydrogen-bond acceptors (Lipinski definition) is 2. The lowest BCUT2D eigenvalue weighted by Gasteiger charge is -2.15. The number of halogens is 1. The second-order valence-corrected chi connectivity index (χ2v) is 5.11. The number of benzene rings is 1. The van der Waals surface area contributed by atoms with Crippen LogP contribution in [0, 0.1) is 11.7 Å². The lowest BCUT2D eigenvalue weighted by molar-refractivity contribution is -0.128. The van der Waals surface area contributed by atoms with Gasteiger partial charge in [-0.05, 0) is 35.8 Å². The maximum atomic E-state index is 12.8. The first kappa shape index (κ1) is 13.0. The Hall–Kier alpha value is -1.49. The number of amides is 1. The van der Waals surface area contributed by atoms with Gasteiger partial charge >= 0.3 is 0 Å². The number of carbonyl (C=O) groups is 1. The normalized spacial score (nSPS) is 19.6. The standard InChI is InChI=1S/C13H15FN2OS/c1-8(2)11-12(17)16(13(18)15-11)7-9-3-5-10(14)6-4-9/h3-6,8,11H,7H2,1-2H3,(H,15,18)/t11-/m0/s1. The van der Waals surface area contributed by atoms with Crippen LogP contribution in [0.4, 0.5) is 4.39 Å². The molecule has 1 aromatic carbocycles. The molecule has 0 spiro atoms. The van der Waals surface area contributed by atoms with Gasteiger partial charge in [0.1, 0.15) is 11.9 Å². The summed E-state index contributed by atoms with van der Waals surface area (Å²) in [6.07, 6.45) is 0. The van der Waals surface area contributed by atoms with Crippen molar-refractivity contribution in [1.29, 1.82) is 0 Å². The van der Waals surface area contributed by atoms with E-state index in [2.05, 4.69) is 5.32 Å². The number of nitrogens with one attached hydrogen (secondary N) is 1. The topological polar surface area (TPSA) is 32.3 Å². The predicted octanol–water partition coefficient (Wildman–Crippen LogP) is 2.07. The van der Waals surface area contributed by atoms with Crippen molar-refractivity contribution in [2.75, 3.05) is 0 Å². The van der Waals surface area contributed by atoms with Crippen LogP contribution in [-0.2, 0) is 11.3 Å². The fourth-order valence-electron chi connectivity index (χ4n) is 1.91. The number of hydrogen-bond donors (Lipinski definition) is 1. The molecule has 1 heterocycles. The summed E-state index contributed by atoms with van der Waals surface area (Å²) < 4.78 is 12.8. The van der Waals surface area contributed by atoms with Crippen molar-refractivity contribution in [2.24, 2.45) is 5.92 Å². The molecule has 1 fully saturated rings. The Kier molecular flexibility index (Phi) is 3.61. The molecule has 18 heavy (non-hydrogen) atoms. The second-order valence-electron chi connectivity index (χ2n) is 4.72. The van der Waals surface area contributed by atoms with E-state index in [1.54, 1.807) is 12.1 Å². The molecule has 0 saturated carbocycles. The molecule has 1 atom stereocenters. The summed E-state index contributed by atoms with van der Waals surface area (Å²) in [5.41, 5.74) is 0.860. The van der Waals surface area contributed by atoms with Crippen molar-refractivity contribution in [3.8, 4) is 0 Å². The van der Waals surface area contributed by atoms with Gasteiger partial charge in [-0.15, -0.1) is 0 Å². The molecule has 3 nitrogen and oxygen atoms in total. The van der Waals surface area contributed by atoms with Gasteiger partial charge in [-0.3, -0.25) is 9.69 Å². The molecule has 1 N–H and O–H groups in total. The minimum Gasteiger partial charge on any atom is -0.350 e. The smallest absolute Gasteiger partial charge is 0.251 e. The summed E-state index contributed by atoms with van der Waals surface area (Å²) in [5.74, 6) is -0.111. The lowest BCUT2D eigenvalue weighted by atomic mass is 10.0.